The van der Waals surface area contributed by atoms with Crippen LogP contribution in [0.1, 0.15) is 6.92 Å². The number of nitrogens with zero attached hydrogens (tertiary/aromatic N) is 1. The Labute approximate surface area is 64.0 Å². The first-order valence-electron chi connectivity index (χ1n) is 3.43. The van der Waals surface area contributed by atoms with Crippen molar-refractivity contribution in [2.45, 2.75) is 12.8 Å². The molecule has 1 heterocycles. The molecule has 0 saturated heterocycles. The number of aliphatic imine (C=N–C) groups is 1. The molecule has 0 aromatic heterocycles. The molecule has 0 radical (unpaired) electrons. The molecule has 0 bridgehead atoms. The molecule has 0 aromatic carbocycles. The van der Waals surface area contributed by atoms with Crippen molar-refractivity contribution in [3.63, 3.8) is 0 Å². The van der Waals surface area contributed by atoms with Crippen molar-refractivity contribution in [1.82, 2.24) is 5.32 Å². The van der Waals surface area contributed by atoms with Crippen LogP contribution in [0.25, 0.3) is 0 Å². The molecule has 0 saturated carbocycles. The third kappa shape index (κ3) is 2.29. The van der Waals surface area contributed by atoms with Crippen molar-refractivity contribution >= 4 is 6.21 Å². The summed E-state index contributed by atoms with van der Waals surface area (Å²) in [5.41, 5.74) is -0.0567. The van der Waals surface area contributed by atoms with Crippen LogP contribution < -0.4 is 5.32 Å². The van der Waals surface area contributed by atoms with Gasteiger partial charge in [-0.05, 0) is 6.08 Å². The van der Waals surface area contributed by atoms with Crippen molar-refractivity contribution < 1.29 is 8.78 Å². The van der Waals surface area contributed by atoms with Crippen LogP contribution in [0.3, 0.4) is 0 Å². The standard InChI is InChI=1S/C7H10F2N2/c1-7(8,9)6-2-3-10-4-5-11-6/h2-3,11H,4-5H2,1H3. The molecular weight excluding hydrogens is 150 g/mol. The van der Waals surface area contributed by atoms with Crippen LogP contribution in [-0.4, -0.2) is 25.2 Å². The van der Waals surface area contributed by atoms with E-state index in [0.29, 0.717) is 13.1 Å². The number of alkyl halides is 2. The second-order valence-electron chi connectivity index (χ2n) is 2.45. The molecule has 0 aliphatic carbocycles. The van der Waals surface area contributed by atoms with E-state index < -0.39 is 5.92 Å². The molecule has 0 atom stereocenters. The molecule has 0 unspecified atom stereocenters. The second-order valence-corrected chi connectivity index (χ2v) is 2.45. The Morgan fingerprint density at radius 2 is 2.36 bits per heavy atom. The van der Waals surface area contributed by atoms with Crippen LogP contribution in [0.5, 0.6) is 0 Å². The smallest absolute Gasteiger partial charge is 0.284 e. The normalized spacial score (nSPS) is 18.6. The fraction of sp³-hybridized carbons (Fsp3) is 0.571. The number of rotatable bonds is 1. The van der Waals surface area contributed by atoms with Crippen LogP contribution in [0, 0.1) is 0 Å². The van der Waals surface area contributed by atoms with E-state index in [1.165, 1.54) is 12.3 Å². The quantitative estimate of drug-likeness (QED) is 0.612. The lowest BCUT2D eigenvalue weighted by Gasteiger charge is -2.14. The highest BCUT2D eigenvalue weighted by Crippen LogP contribution is 2.20. The molecule has 1 aliphatic rings. The van der Waals surface area contributed by atoms with E-state index in [1.54, 1.807) is 0 Å². The predicted molar refractivity (Wildman–Crippen MR) is 40.1 cm³/mol. The van der Waals surface area contributed by atoms with Crippen LogP contribution in [-0.2, 0) is 0 Å². The van der Waals surface area contributed by atoms with E-state index in [1.807, 2.05) is 0 Å². The van der Waals surface area contributed by atoms with Crippen molar-refractivity contribution in [3.8, 4) is 0 Å². The Balaban J connectivity index is 2.71. The van der Waals surface area contributed by atoms with Crippen molar-refractivity contribution in [2.75, 3.05) is 13.1 Å². The maximum absolute atomic E-state index is 12.6. The van der Waals surface area contributed by atoms with Gasteiger partial charge < -0.3 is 5.32 Å². The van der Waals surface area contributed by atoms with E-state index in [0.717, 1.165) is 6.92 Å². The summed E-state index contributed by atoms with van der Waals surface area (Å²) in [5.74, 6) is -2.78. The molecule has 0 spiro atoms. The highest BCUT2D eigenvalue weighted by molar-refractivity contribution is 5.72. The molecule has 0 fully saturated rings. The Hall–Kier alpha value is -0.930. The molecule has 1 rings (SSSR count). The number of halogens is 2. The van der Waals surface area contributed by atoms with Gasteiger partial charge in [0, 0.05) is 19.7 Å². The lowest BCUT2D eigenvalue weighted by atomic mass is 10.2. The third-order valence-corrected chi connectivity index (χ3v) is 1.38. The minimum absolute atomic E-state index is 0.0567. The first kappa shape index (κ1) is 8.17. The molecule has 62 valence electrons. The Morgan fingerprint density at radius 1 is 1.64 bits per heavy atom. The van der Waals surface area contributed by atoms with Gasteiger partial charge in [0.15, 0.2) is 0 Å². The predicted octanol–water partition coefficient (Wildman–Crippen LogP) is 1.20. The van der Waals surface area contributed by atoms with Crippen LogP contribution in [0.15, 0.2) is 16.8 Å². The molecule has 11 heavy (non-hydrogen) atoms. The minimum atomic E-state index is -2.78. The summed E-state index contributed by atoms with van der Waals surface area (Å²) in [4.78, 5) is 3.84. The topological polar surface area (TPSA) is 24.4 Å². The van der Waals surface area contributed by atoms with Gasteiger partial charge in [0.2, 0.25) is 0 Å². The third-order valence-electron chi connectivity index (χ3n) is 1.38. The van der Waals surface area contributed by atoms with Crippen molar-refractivity contribution in [2.24, 2.45) is 4.99 Å². The van der Waals surface area contributed by atoms with Crippen molar-refractivity contribution in [1.29, 1.82) is 0 Å². The zero-order chi connectivity index (χ0) is 8.32. The van der Waals surface area contributed by atoms with Gasteiger partial charge in [-0.2, -0.15) is 0 Å². The van der Waals surface area contributed by atoms with Gasteiger partial charge in [-0.15, -0.1) is 0 Å². The van der Waals surface area contributed by atoms with E-state index in [9.17, 15) is 8.78 Å². The number of allylic oxidation sites excluding steroid dienone is 2. The zero-order valence-electron chi connectivity index (χ0n) is 6.27. The first-order valence-corrected chi connectivity index (χ1v) is 3.43. The Morgan fingerprint density at radius 3 is 3.00 bits per heavy atom. The van der Waals surface area contributed by atoms with Crippen molar-refractivity contribution in [3.05, 3.63) is 11.8 Å². The zero-order valence-corrected chi connectivity index (χ0v) is 6.27. The van der Waals surface area contributed by atoms with Crippen LogP contribution >= 0.6 is 0 Å². The lowest BCUT2D eigenvalue weighted by molar-refractivity contribution is 0.0562. The maximum Gasteiger partial charge on any atom is 0.284 e. The highest BCUT2D eigenvalue weighted by atomic mass is 19.3. The average molecular weight is 160 g/mol. The number of nitrogens with one attached hydrogen (secondary N) is 1. The van der Waals surface area contributed by atoms with Gasteiger partial charge in [-0.1, -0.05) is 0 Å². The molecule has 0 amide bonds. The molecule has 4 heteroatoms. The monoisotopic (exact) mass is 160 g/mol. The van der Waals surface area contributed by atoms with Crippen LogP contribution in [0.2, 0.25) is 0 Å². The molecule has 1 aliphatic heterocycles. The van der Waals surface area contributed by atoms with Crippen LogP contribution in [0.4, 0.5) is 8.78 Å². The van der Waals surface area contributed by atoms with Gasteiger partial charge >= 0.3 is 0 Å². The first-order chi connectivity index (χ1) is 5.11. The fourth-order valence-electron chi connectivity index (χ4n) is 0.817. The van der Waals surface area contributed by atoms with E-state index >= 15 is 0 Å². The Kier molecular flexibility index (Phi) is 2.22. The minimum Gasteiger partial charge on any atom is -0.382 e. The molecule has 2 nitrogen and oxygen atoms in total. The SMILES string of the molecule is CC(F)(F)C1=CC=NCCN1. The van der Waals surface area contributed by atoms with E-state index in [2.05, 4.69) is 10.3 Å². The second kappa shape index (κ2) is 2.98. The fourth-order valence-corrected chi connectivity index (χ4v) is 0.817. The summed E-state index contributed by atoms with van der Waals surface area (Å²) in [7, 11) is 0. The molecular formula is C7H10F2N2. The highest BCUT2D eigenvalue weighted by Gasteiger charge is 2.27. The summed E-state index contributed by atoms with van der Waals surface area (Å²) in [6, 6.07) is 0. The van der Waals surface area contributed by atoms with Gasteiger partial charge in [0.05, 0.1) is 12.2 Å². The Bertz CT molecular complexity index is 191. The summed E-state index contributed by atoms with van der Waals surface area (Å²) in [5, 5.41) is 2.61. The maximum atomic E-state index is 12.6. The summed E-state index contributed by atoms with van der Waals surface area (Å²) >= 11 is 0. The molecule has 1 N–H and O–H groups in total. The summed E-state index contributed by atoms with van der Waals surface area (Å²) in [6.07, 6.45) is 2.72. The molecule has 0 aromatic rings. The number of hydrogen-bond donors (Lipinski definition) is 1. The van der Waals surface area contributed by atoms with Gasteiger partial charge in [-0.3, -0.25) is 4.99 Å². The van der Waals surface area contributed by atoms with Gasteiger partial charge in [-0.25, -0.2) is 8.78 Å². The average Bonchev–Trinajstić information content (AvgIpc) is 2.10. The summed E-state index contributed by atoms with van der Waals surface area (Å²) < 4.78 is 25.2. The summed E-state index contributed by atoms with van der Waals surface area (Å²) in [6.45, 7) is 1.90. The largest absolute Gasteiger partial charge is 0.382 e. The van der Waals surface area contributed by atoms with Gasteiger partial charge in [0.25, 0.3) is 5.92 Å². The van der Waals surface area contributed by atoms with Gasteiger partial charge in [0.1, 0.15) is 0 Å². The lowest BCUT2D eigenvalue weighted by Crippen LogP contribution is -2.28. The van der Waals surface area contributed by atoms with E-state index in [4.69, 9.17) is 0 Å². The number of hydrogen-bond acceptors (Lipinski definition) is 2. The van der Waals surface area contributed by atoms with E-state index in [-0.39, 0.29) is 5.70 Å².